The molecular formula is C16H26N2O2. The summed E-state index contributed by atoms with van der Waals surface area (Å²) in [5.74, 6) is 0.892. The molecular weight excluding hydrogens is 252 g/mol. The molecule has 4 nitrogen and oxygen atoms in total. The summed E-state index contributed by atoms with van der Waals surface area (Å²) >= 11 is 0. The third kappa shape index (κ3) is 4.47. The summed E-state index contributed by atoms with van der Waals surface area (Å²) in [7, 11) is 0. The van der Waals surface area contributed by atoms with Gasteiger partial charge < -0.3 is 15.6 Å². The van der Waals surface area contributed by atoms with Crippen molar-refractivity contribution < 1.29 is 9.84 Å². The molecule has 112 valence electrons. The maximum absolute atomic E-state index is 8.98. The molecule has 0 radical (unpaired) electrons. The highest BCUT2D eigenvalue weighted by Crippen LogP contribution is 2.24. The molecule has 4 heteroatoms. The Morgan fingerprint density at radius 2 is 2.15 bits per heavy atom. The molecule has 0 spiro atoms. The summed E-state index contributed by atoms with van der Waals surface area (Å²) in [6.45, 7) is 3.39. The fourth-order valence-corrected chi connectivity index (χ4v) is 2.55. The van der Waals surface area contributed by atoms with E-state index >= 15 is 0 Å². The maximum Gasteiger partial charge on any atom is 0.119 e. The van der Waals surface area contributed by atoms with Crippen molar-refractivity contribution >= 4 is 0 Å². The van der Waals surface area contributed by atoms with Gasteiger partial charge in [-0.05, 0) is 37.0 Å². The zero-order valence-corrected chi connectivity index (χ0v) is 12.1. The monoisotopic (exact) mass is 278 g/mol. The second kappa shape index (κ2) is 8.25. The summed E-state index contributed by atoms with van der Waals surface area (Å²) < 4.78 is 5.82. The number of nitrogens with zero attached hydrogens (tertiary/aromatic N) is 1. The van der Waals surface area contributed by atoms with Crippen molar-refractivity contribution in [2.24, 2.45) is 5.73 Å². The molecule has 0 unspecified atom stereocenters. The lowest BCUT2D eigenvalue weighted by atomic mass is 9.91. The van der Waals surface area contributed by atoms with Crippen molar-refractivity contribution in [3.8, 4) is 5.75 Å². The molecule has 1 aliphatic carbocycles. The molecule has 0 aliphatic heterocycles. The number of hydrogen-bond donors (Lipinski definition) is 2. The average Bonchev–Trinajstić information content (AvgIpc) is 2.43. The Kier molecular flexibility index (Phi) is 6.30. The number of hydrogen-bond acceptors (Lipinski definition) is 4. The highest BCUT2D eigenvalue weighted by molar-refractivity contribution is 5.28. The lowest BCUT2D eigenvalue weighted by Crippen LogP contribution is -2.43. The van der Waals surface area contributed by atoms with Gasteiger partial charge in [-0.3, -0.25) is 4.90 Å². The van der Waals surface area contributed by atoms with E-state index in [2.05, 4.69) is 4.90 Å². The number of aliphatic hydroxyl groups excluding tert-OH is 1. The number of aliphatic hydroxyl groups is 1. The third-order valence-electron chi connectivity index (χ3n) is 3.98. The van der Waals surface area contributed by atoms with Crippen LogP contribution in [0.2, 0.25) is 0 Å². The summed E-state index contributed by atoms with van der Waals surface area (Å²) in [4.78, 5) is 2.45. The Bertz CT molecular complexity index is 394. The molecule has 1 fully saturated rings. The fourth-order valence-electron chi connectivity index (χ4n) is 2.55. The topological polar surface area (TPSA) is 58.7 Å². The van der Waals surface area contributed by atoms with Crippen LogP contribution in [-0.2, 0) is 6.54 Å². The first kappa shape index (κ1) is 15.3. The van der Waals surface area contributed by atoms with Gasteiger partial charge in [0.2, 0.25) is 0 Å². The van der Waals surface area contributed by atoms with E-state index in [0.29, 0.717) is 19.2 Å². The van der Waals surface area contributed by atoms with Gasteiger partial charge in [0.15, 0.2) is 0 Å². The van der Waals surface area contributed by atoms with Crippen molar-refractivity contribution in [1.29, 1.82) is 0 Å². The van der Waals surface area contributed by atoms with E-state index in [-0.39, 0.29) is 6.61 Å². The maximum atomic E-state index is 8.98. The normalized spacial score (nSPS) is 15.3. The van der Waals surface area contributed by atoms with Crippen LogP contribution < -0.4 is 10.5 Å². The van der Waals surface area contributed by atoms with Crippen LogP contribution in [0.5, 0.6) is 5.75 Å². The molecule has 0 saturated heterocycles. The van der Waals surface area contributed by atoms with Gasteiger partial charge in [-0.25, -0.2) is 0 Å². The van der Waals surface area contributed by atoms with Gasteiger partial charge in [0.05, 0.1) is 0 Å². The van der Waals surface area contributed by atoms with Gasteiger partial charge in [0.25, 0.3) is 0 Å². The van der Waals surface area contributed by atoms with Gasteiger partial charge in [-0.2, -0.15) is 0 Å². The largest absolute Gasteiger partial charge is 0.492 e. The van der Waals surface area contributed by atoms with Crippen LogP contribution in [0.3, 0.4) is 0 Å². The molecule has 0 aromatic heterocycles. The zero-order valence-electron chi connectivity index (χ0n) is 12.1. The molecule has 20 heavy (non-hydrogen) atoms. The summed E-state index contributed by atoms with van der Waals surface area (Å²) in [5, 5.41) is 8.98. The number of benzene rings is 1. The lowest BCUT2D eigenvalue weighted by Gasteiger charge is -2.37. The molecule has 0 atom stereocenters. The van der Waals surface area contributed by atoms with Gasteiger partial charge in [-0.15, -0.1) is 0 Å². The van der Waals surface area contributed by atoms with E-state index in [1.807, 2.05) is 24.3 Å². The van der Waals surface area contributed by atoms with Crippen LogP contribution in [0.4, 0.5) is 0 Å². The first-order valence-electron chi connectivity index (χ1n) is 7.60. The summed E-state index contributed by atoms with van der Waals surface area (Å²) in [5.41, 5.74) is 6.72. The summed E-state index contributed by atoms with van der Waals surface area (Å²) in [6, 6.07) is 8.66. The minimum absolute atomic E-state index is 0.266. The Morgan fingerprint density at radius 1 is 1.30 bits per heavy atom. The van der Waals surface area contributed by atoms with E-state index < -0.39 is 0 Å². The van der Waals surface area contributed by atoms with Crippen molar-refractivity contribution in [2.75, 3.05) is 26.3 Å². The smallest absolute Gasteiger partial charge is 0.119 e. The van der Waals surface area contributed by atoms with E-state index in [0.717, 1.165) is 30.8 Å². The molecule has 2 rings (SSSR count). The van der Waals surface area contributed by atoms with Gasteiger partial charge in [0, 0.05) is 32.3 Å². The standard InChI is InChI=1S/C16H26N2O2/c17-13-14-4-1-7-16(12-14)20-11-9-18(8-3-10-19)15-5-2-6-15/h1,4,7,12,15,19H,2-3,5-6,8-11,13,17H2. The average molecular weight is 278 g/mol. The second-order valence-corrected chi connectivity index (χ2v) is 5.40. The van der Waals surface area contributed by atoms with Crippen LogP contribution in [0.15, 0.2) is 24.3 Å². The molecule has 0 heterocycles. The highest BCUT2D eigenvalue weighted by atomic mass is 16.5. The predicted octanol–water partition coefficient (Wildman–Crippen LogP) is 1.76. The molecule has 1 aliphatic rings. The van der Waals surface area contributed by atoms with E-state index in [1.165, 1.54) is 19.3 Å². The molecule has 1 saturated carbocycles. The van der Waals surface area contributed by atoms with Gasteiger partial charge >= 0.3 is 0 Å². The van der Waals surface area contributed by atoms with Crippen molar-refractivity contribution in [2.45, 2.75) is 38.3 Å². The number of nitrogens with two attached hydrogens (primary N) is 1. The fraction of sp³-hybridized carbons (Fsp3) is 0.625. The molecule has 1 aromatic rings. The Morgan fingerprint density at radius 3 is 2.80 bits per heavy atom. The van der Waals surface area contributed by atoms with Crippen molar-refractivity contribution in [3.05, 3.63) is 29.8 Å². The minimum atomic E-state index is 0.266. The van der Waals surface area contributed by atoms with Crippen molar-refractivity contribution in [3.63, 3.8) is 0 Å². The number of rotatable bonds is 9. The van der Waals surface area contributed by atoms with Crippen LogP contribution in [0.1, 0.15) is 31.2 Å². The SMILES string of the molecule is NCc1cccc(OCCN(CCCO)C2CCC2)c1. The molecule has 0 amide bonds. The van der Waals surface area contributed by atoms with E-state index in [4.69, 9.17) is 15.6 Å². The molecule has 0 bridgehead atoms. The minimum Gasteiger partial charge on any atom is -0.492 e. The Balaban J connectivity index is 1.76. The molecule has 1 aromatic carbocycles. The Labute approximate surface area is 121 Å². The van der Waals surface area contributed by atoms with Crippen LogP contribution >= 0.6 is 0 Å². The predicted molar refractivity (Wildman–Crippen MR) is 80.7 cm³/mol. The first-order chi connectivity index (χ1) is 9.83. The van der Waals surface area contributed by atoms with Crippen LogP contribution in [0, 0.1) is 0 Å². The first-order valence-corrected chi connectivity index (χ1v) is 7.60. The van der Waals surface area contributed by atoms with Crippen LogP contribution in [-0.4, -0.2) is 42.4 Å². The zero-order chi connectivity index (χ0) is 14.2. The van der Waals surface area contributed by atoms with E-state index in [1.54, 1.807) is 0 Å². The van der Waals surface area contributed by atoms with E-state index in [9.17, 15) is 0 Å². The number of ether oxygens (including phenoxy) is 1. The second-order valence-electron chi connectivity index (χ2n) is 5.40. The van der Waals surface area contributed by atoms with Crippen molar-refractivity contribution in [1.82, 2.24) is 4.90 Å². The summed E-state index contributed by atoms with van der Waals surface area (Å²) in [6.07, 6.45) is 4.75. The molecule has 3 N–H and O–H groups in total. The van der Waals surface area contributed by atoms with Gasteiger partial charge in [-0.1, -0.05) is 18.6 Å². The quantitative estimate of drug-likeness (QED) is 0.722. The van der Waals surface area contributed by atoms with Gasteiger partial charge in [0.1, 0.15) is 12.4 Å². The highest BCUT2D eigenvalue weighted by Gasteiger charge is 2.24. The third-order valence-corrected chi connectivity index (χ3v) is 3.98. The lowest BCUT2D eigenvalue weighted by molar-refractivity contribution is 0.0984. The Hall–Kier alpha value is -1.10. The van der Waals surface area contributed by atoms with Crippen LogP contribution in [0.25, 0.3) is 0 Å².